The Morgan fingerprint density at radius 2 is 1.90 bits per heavy atom. The van der Waals surface area contributed by atoms with E-state index in [0.717, 1.165) is 11.1 Å². The molecule has 8 nitrogen and oxygen atoms in total. The zero-order valence-electron chi connectivity index (χ0n) is 17.7. The van der Waals surface area contributed by atoms with E-state index in [2.05, 4.69) is 15.3 Å². The summed E-state index contributed by atoms with van der Waals surface area (Å²) in [5.41, 5.74) is 8.12. The quantitative estimate of drug-likeness (QED) is 0.667. The van der Waals surface area contributed by atoms with E-state index < -0.39 is 5.91 Å². The molecule has 0 spiro atoms. The Morgan fingerprint density at radius 3 is 2.61 bits per heavy atom. The van der Waals surface area contributed by atoms with Gasteiger partial charge in [-0.3, -0.25) is 14.5 Å². The van der Waals surface area contributed by atoms with Gasteiger partial charge in [-0.05, 0) is 29.8 Å². The van der Waals surface area contributed by atoms with E-state index in [4.69, 9.17) is 10.2 Å². The van der Waals surface area contributed by atoms with Crippen LogP contribution < -0.4 is 11.1 Å². The Bertz CT molecular complexity index is 1090. The Kier molecular flexibility index (Phi) is 6.81. The van der Waals surface area contributed by atoms with Crippen molar-refractivity contribution >= 4 is 23.5 Å². The highest BCUT2D eigenvalue weighted by Crippen LogP contribution is 2.27. The largest absolute Gasteiger partial charge is 0.444 e. The fourth-order valence-electron chi connectivity index (χ4n) is 3.02. The van der Waals surface area contributed by atoms with Gasteiger partial charge in [-0.1, -0.05) is 44.2 Å². The van der Waals surface area contributed by atoms with Crippen molar-refractivity contribution in [2.24, 2.45) is 10.7 Å². The summed E-state index contributed by atoms with van der Waals surface area (Å²) in [6.45, 7) is 4.00. The van der Waals surface area contributed by atoms with Crippen LogP contribution in [0.15, 0.2) is 70.3 Å². The predicted octanol–water partition coefficient (Wildman–Crippen LogP) is 3.84. The number of nitrogens with zero attached hydrogens (tertiary/aromatic N) is 3. The molecule has 1 aliphatic rings. The van der Waals surface area contributed by atoms with Gasteiger partial charge in [0.15, 0.2) is 11.7 Å². The first-order valence-corrected chi connectivity index (χ1v) is 10.0. The third-order valence-electron chi connectivity index (χ3n) is 4.66. The standard InChI is InChI=1S/C21H19N5O3.C2H6/c1-26-18(27)11-16(25-21(26)22)14-8-5-9-15(10-14)23-19(28)17-12-29-20(24-17)13-6-3-2-4-7-13;1-2/h2-10,12,16H,11H2,1H3,(H2,22,25)(H,23,28);1-2H3. The first-order valence-electron chi connectivity index (χ1n) is 10.0. The van der Waals surface area contributed by atoms with Crippen molar-refractivity contribution in [2.45, 2.75) is 26.3 Å². The summed E-state index contributed by atoms with van der Waals surface area (Å²) in [4.78, 5) is 34.5. The van der Waals surface area contributed by atoms with E-state index in [0.29, 0.717) is 11.6 Å². The number of aliphatic imine (C=N–C) groups is 1. The molecule has 3 aromatic rings. The van der Waals surface area contributed by atoms with Gasteiger partial charge in [-0.25, -0.2) is 9.98 Å². The molecule has 1 aromatic heterocycles. The number of nitrogens with one attached hydrogen (secondary N) is 1. The lowest BCUT2D eigenvalue weighted by atomic mass is 10.0. The minimum absolute atomic E-state index is 0.104. The lowest BCUT2D eigenvalue weighted by molar-refractivity contribution is -0.127. The molecule has 2 amide bonds. The average molecular weight is 419 g/mol. The monoisotopic (exact) mass is 419 g/mol. The number of rotatable bonds is 4. The second-order valence-corrected chi connectivity index (χ2v) is 6.64. The number of anilines is 1. The lowest BCUT2D eigenvalue weighted by Crippen LogP contribution is -2.42. The summed E-state index contributed by atoms with van der Waals surface area (Å²) in [6.07, 6.45) is 1.54. The molecule has 0 saturated carbocycles. The van der Waals surface area contributed by atoms with Crippen molar-refractivity contribution in [3.05, 3.63) is 72.1 Å². The van der Waals surface area contributed by atoms with Crippen LogP contribution >= 0.6 is 0 Å². The first kappa shape index (κ1) is 21.8. The number of amides is 2. The molecule has 160 valence electrons. The van der Waals surface area contributed by atoms with Gasteiger partial charge in [-0.15, -0.1) is 0 Å². The number of hydrogen-bond acceptors (Lipinski definition) is 6. The van der Waals surface area contributed by atoms with E-state index in [1.807, 2.05) is 50.2 Å². The van der Waals surface area contributed by atoms with E-state index in [9.17, 15) is 9.59 Å². The molecule has 2 heterocycles. The highest BCUT2D eigenvalue weighted by molar-refractivity contribution is 6.03. The molecule has 0 fully saturated rings. The van der Waals surface area contributed by atoms with Crippen molar-refractivity contribution in [2.75, 3.05) is 12.4 Å². The van der Waals surface area contributed by atoms with Gasteiger partial charge in [0.1, 0.15) is 6.26 Å². The predicted molar refractivity (Wildman–Crippen MR) is 119 cm³/mol. The van der Waals surface area contributed by atoms with Crippen LogP contribution in [-0.4, -0.2) is 34.7 Å². The van der Waals surface area contributed by atoms with Gasteiger partial charge in [0.25, 0.3) is 5.91 Å². The van der Waals surface area contributed by atoms with Crippen molar-refractivity contribution in [3.63, 3.8) is 0 Å². The number of carbonyl (C=O) groups is 2. The zero-order chi connectivity index (χ0) is 22.4. The third-order valence-corrected chi connectivity index (χ3v) is 4.66. The maximum atomic E-state index is 12.6. The van der Waals surface area contributed by atoms with E-state index in [1.165, 1.54) is 11.2 Å². The van der Waals surface area contributed by atoms with Crippen LogP contribution in [0.1, 0.15) is 42.4 Å². The molecule has 1 unspecified atom stereocenters. The number of carbonyl (C=O) groups excluding carboxylic acids is 2. The van der Waals surface area contributed by atoms with Gasteiger partial charge in [0.2, 0.25) is 11.8 Å². The van der Waals surface area contributed by atoms with Crippen molar-refractivity contribution in [1.82, 2.24) is 9.88 Å². The Morgan fingerprint density at radius 1 is 1.16 bits per heavy atom. The summed E-state index contributed by atoms with van der Waals surface area (Å²) < 4.78 is 5.42. The minimum Gasteiger partial charge on any atom is -0.444 e. The molecular formula is C23H25N5O3. The SMILES string of the molecule is CC.CN1C(=O)CC(c2cccc(NC(=O)c3coc(-c4ccccc4)n3)c2)N=C1N. The van der Waals surface area contributed by atoms with Gasteiger partial charge in [-0.2, -0.15) is 0 Å². The molecule has 4 rings (SSSR count). The zero-order valence-corrected chi connectivity index (χ0v) is 17.7. The van der Waals surface area contributed by atoms with Crippen molar-refractivity contribution < 1.29 is 14.0 Å². The molecule has 31 heavy (non-hydrogen) atoms. The highest BCUT2D eigenvalue weighted by Gasteiger charge is 2.26. The Balaban J connectivity index is 0.00000132. The molecule has 2 aromatic carbocycles. The minimum atomic E-state index is -0.393. The lowest BCUT2D eigenvalue weighted by Gasteiger charge is -2.25. The molecule has 0 saturated heterocycles. The second kappa shape index (κ2) is 9.71. The second-order valence-electron chi connectivity index (χ2n) is 6.64. The van der Waals surface area contributed by atoms with Crippen LogP contribution in [-0.2, 0) is 4.79 Å². The van der Waals surface area contributed by atoms with Crippen LogP contribution in [0.4, 0.5) is 5.69 Å². The van der Waals surface area contributed by atoms with Crippen molar-refractivity contribution in [1.29, 1.82) is 0 Å². The van der Waals surface area contributed by atoms with Crippen LogP contribution in [0, 0.1) is 0 Å². The number of guanidine groups is 1. The van der Waals surface area contributed by atoms with E-state index in [1.54, 1.807) is 25.2 Å². The number of hydrogen-bond donors (Lipinski definition) is 2. The van der Waals surface area contributed by atoms with Gasteiger partial charge in [0, 0.05) is 18.3 Å². The van der Waals surface area contributed by atoms with Crippen LogP contribution in [0.25, 0.3) is 11.5 Å². The van der Waals surface area contributed by atoms with Crippen LogP contribution in [0.2, 0.25) is 0 Å². The van der Waals surface area contributed by atoms with Crippen LogP contribution in [0.3, 0.4) is 0 Å². The normalized spacial score (nSPS) is 15.6. The first-order chi connectivity index (χ1) is 15.0. The average Bonchev–Trinajstić information content (AvgIpc) is 3.30. The van der Waals surface area contributed by atoms with Gasteiger partial charge >= 0.3 is 0 Å². The fraction of sp³-hybridized carbons (Fsp3) is 0.217. The smallest absolute Gasteiger partial charge is 0.277 e. The van der Waals surface area contributed by atoms with E-state index in [-0.39, 0.29) is 30.0 Å². The Labute approximate surface area is 180 Å². The molecule has 0 radical (unpaired) electrons. The molecule has 0 bridgehead atoms. The molecule has 0 aliphatic carbocycles. The third kappa shape index (κ3) is 4.98. The van der Waals surface area contributed by atoms with E-state index >= 15 is 0 Å². The molecule has 8 heteroatoms. The number of aromatic nitrogens is 1. The number of benzene rings is 2. The summed E-state index contributed by atoms with van der Waals surface area (Å²) in [5, 5.41) is 2.80. The molecule has 1 atom stereocenters. The topological polar surface area (TPSA) is 114 Å². The van der Waals surface area contributed by atoms with Crippen LogP contribution in [0.5, 0.6) is 0 Å². The van der Waals surface area contributed by atoms with Gasteiger partial charge < -0.3 is 15.5 Å². The molecular weight excluding hydrogens is 394 g/mol. The fourth-order valence-corrected chi connectivity index (χ4v) is 3.02. The van der Waals surface area contributed by atoms with Gasteiger partial charge in [0.05, 0.1) is 12.5 Å². The summed E-state index contributed by atoms with van der Waals surface area (Å²) in [5.74, 6) is 0.0550. The summed E-state index contributed by atoms with van der Waals surface area (Å²) in [6, 6.07) is 16.1. The summed E-state index contributed by atoms with van der Waals surface area (Å²) >= 11 is 0. The summed E-state index contributed by atoms with van der Waals surface area (Å²) in [7, 11) is 1.59. The molecule has 1 aliphatic heterocycles. The maximum absolute atomic E-state index is 12.6. The molecule has 3 N–H and O–H groups in total. The number of nitrogens with two attached hydrogens (primary N) is 1. The maximum Gasteiger partial charge on any atom is 0.277 e. The Hall–Kier alpha value is -3.94. The highest BCUT2D eigenvalue weighted by atomic mass is 16.3. The van der Waals surface area contributed by atoms with Crippen molar-refractivity contribution in [3.8, 4) is 11.5 Å². The number of oxazole rings is 1.